The Morgan fingerprint density at radius 1 is 0.828 bits per heavy atom. The van der Waals surface area contributed by atoms with Crippen LogP contribution in [0.25, 0.3) is 0 Å². The van der Waals surface area contributed by atoms with Crippen LogP contribution in [-0.4, -0.2) is 162 Å². The molecule has 348 valence electrons. The van der Waals surface area contributed by atoms with Crippen molar-refractivity contribution in [2.75, 3.05) is 89.6 Å². The molecule has 64 heavy (non-hydrogen) atoms. The molecule has 6 amide bonds. The van der Waals surface area contributed by atoms with Crippen molar-refractivity contribution in [2.45, 2.75) is 88.6 Å². The SMILES string of the molecule is Nc1c(Cl)cc(C[C@@H](OC(=O)N2CCC(N3CCc4ccccc4NC3=O)CC2)C(=O)N2CCN(C3CCN(C(=O)CCC(=O)OCCN4CCCC4=O)CC3)CC2)cc1C(F)(F)F. The maximum atomic E-state index is 14.2. The van der Waals surface area contributed by atoms with E-state index in [0.29, 0.717) is 84.3 Å². The van der Waals surface area contributed by atoms with Crippen LogP contribution in [0.1, 0.15) is 68.1 Å². The summed E-state index contributed by atoms with van der Waals surface area (Å²) in [7, 11) is 0. The highest BCUT2D eigenvalue weighted by Crippen LogP contribution is 2.38. The number of anilines is 2. The average molecular weight is 917 g/mol. The number of nitrogens with two attached hydrogens (primary N) is 1. The molecule has 0 saturated carbocycles. The van der Waals surface area contributed by atoms with Gasteiger partial charge < -0.3 is 45.0 Å². The van der Waals surface area contributed by atoms with Gasteiger partial charge in [0.25, 0.3) is 5.91 Å². The van der Waals surface area contributed by atoms with Crippen LogP contribution < -0.4 is 11.1 Å². The number of urea groups is 1. The number of nitrogens with zero attached hydrogens (tertiary/aromatic N) is 6. The number of piperidine rings is 2. The number of benzene rings is 2. The monoisotopic (exact) mass is 916 g/mol. The summed E-state index contributed by atoms with van der Waals surface area (Å²) in [5, 5.41) is 2.64. The molecule has 7 rings (SSSR count). The molecule has 1 atom stereocenters. The van der Waals surface area contributed by atoms with Crippen molar-refractivity contribution in [3.8, 4) is 0 Å². The maximum Gasteiger partial charge on any atom is 0.418 e. The minimum Gasteiger partial charge on any atom is -0.464 e. The number of fused-ring (bicyclic) bond motifs is 1. The number of hydrogen-bond acceptors (Lipinski definition) is 10. The number of esters is 1. The van der Waals surface area contributed by atoms with Gasteiger partial charge in [0.2, 0.25) is 11.8 Å². The topological polar surface area (TPSA) is 178 Å². The highest BCUT2D eigenvalue weighted by molar-refractivity contribution is 6.33. The first-order valence-corrected chi connectivity index (χ1v) is 22.5. The standard InChI is InChI=1S/C44H56ClF3N8O8/c45-34-27-29(26-33(40(34)49)44(46,47)48)28-36(64-43(62)55-17-12-32(13-18-55)56-19-9-30-4-1-2-5-35(30)50-42(56)61)41(60)54-22-20-51(21-23-54)31-10-15-53(16-11-31)38(58)7-8-39(59)63-25-24-52-14-3-6-37(52)57/h1-2,4-5,26-27,31-32,36H,3,6-25,28,49H2,(H,50,61)/t36-/m1/s1. The summed E-state index contributed by atoms with van der Waals surface area (Å²) in [5.74, 6) is -1.10. The van der Waals surface area contributed by atoms with E-state index in [9.17, 15) is 41.9 Å². The summed E-state index contributed by atoms with van der Waals surface area (Å²) in [6.45, 7) is 4.68. The Balaban J connectivity index is 0.910. The molecule has 5 aliphatic heterocycles. The van der Waals surface area contributed by atoms with E-state index in [0.717, 1.165) is 23.7 Å². The van der Waals surface area contributed by atoms with E-state index in [1.165, 1.54) is 11.0 Å². The van der Waals surface area contributed by atoms with E-state index in [4.69, 9.17) is 26.8 Å². The lowest BCUT2D eigenvalue weighted by Gasteiger charge is -2.43. The van der Waals surface area contributed by atoms with Crippen LogP contribution in [0.3, 0.4) is 0 Å². The second-order valence-corrected chi connectivity index (χ2v) is 17.4. The minimum atomic E-state index is -4.82. The van der Waals surface area contributed by atoms with Crippen LogP contribution in [-0.2, 0) is 47.7 Å². The zero-order chi connectivity index (χ0) is 45.5. The lowest BCUT2D eigenvalue weighted by atomic mass is 10.0. The molecule has 0 spiro atoms. The van der Waals surface area contributed by atoms with Gasteiger partial charge in [-0.15, -0.1) is 0 Å². The lowest BCUT2D eigenvalue weighted by Crippen LogP contribution is -2.57. The number of likely N-dealkylation sites (tertiary alicyclic amines) is 3. The molecule has 5 aliphatic rings. The van der Waals surface area contributed by atoms with Gasteiger partial charge in [0.1, 0.15) is 6.61 Å². The van der Waals surface area contributed by atoms with Gasteiger partial charge in [-0.1, -0.05) is 29.8 Å². The number of piperazine rings is 1. The van der Waals surface area contributed by atoms with Gasteiger partial charge in [-0.05, 0) is 67.9 Å². The van der Waals surface area contributed by atoms with E-state index in [-0.39, 0.29) is 92.6 Å². The number of carbonyl (C=O) groups is 6. The second-order valence-electron chi connectivity index (χ2n) is 17.0. The molecule has 20 heteroatoms. The van der Waals surface area contributed by atoms with E-state index >= 15 is 0 Å². The molecular weight excluding hydrogens is 861 g/mol. The number of rotatable bonds is 12. The van der Waals surface area contributed by atoms with Gasteiger partial charge in [-0.25, -0.2) is 9.59 Å². The first kappa shape index (κ1) is 46.7. The Bertz CT molecular complexity index is 2050. The Labute approximate surface area is 375 Å². The van der Waals surface area contributed by atoms with Gasteiger partial charge in [0.15, 0.2) is 6.10 Å². The fraction of sp³-hybridized carbons (Fsp3) is 0.591. The van der Waals surface area contributed by atoms with E-state index in [1.807, 2.05) is 24.3 Å². The quantitative estimate of drug-likeness (QED) is 0.226. The largest absolute Gasteiger partial charge is 0.464 e. The summed E-state index contributed by atoms with van der Waals surface area (Å²) in [6.07, 6.45) is -3.14. The molecule has 5 heterocycles. The van der Waals surface area contributed by atoms with Gasteiger partial charge in [0, 0.05) is 102 Å². The number of amides is 6. The third kappa shape index (κ3) is 11.5. The third-order valence-corrected chi connectivity index (χ3v) is 13.4. The molecule has 0 unspecified atom stereocenters. The molecule has 4 saturated heterocycles. The van der Waals surface area contributed by atoms with E-state index in [2.05, 4.69) is 10.2 Å². The number of nitrogens with one attached hydrogen (secondary N) is 1. The lowest BCUT2D eigenvalue weighted by molar-refractivity contribution is -0.147. The molecule has 16 nitrogen and oxygen atoms in total. The summed E-state index contributed by atoms with van der Waals surface area (Å²) < 4.78 is 53.0. The fourth-order valence-corrected chi connectivity index (χ4v) is 9.60. The summed E-state index contributed by atoms with van der Waals surface area (Å²) in [4.78, 5) is 88.5. The van der Waals surface area contributed by atoms with Crippen molar-refractivity contribution in [3.05, 3.63) is 58.1 Å². The zero-order valence-electron chi connectivity index (χ0n) is 35.8. The number of para-hydroxylation sites is 1. The molecule has 4 fully saturated rings. The minimum absolute atomic E-state index is 0.0246. The molecule has 0 bridgehead atoms. The molecule has 2 aromatic carbocycles. The Morgan fingerprint density at radius 2 is 1.52 bits per heavy atom. The van der Waals surface area contributed by atoms with Gasteiger partial charge in [-0.2, -0.15) is 13.2 Å². The summed E-state index contributed by atoms with van der Waals surface area (Å²) >= 11 is 6.15. The third-order valence-electron chi connectivity index (χ3n) is 13.0. The van der Waals surface area contributed by atoms with Crippen molar-refractivity contribution in [2.24, 2.45) is 0 Å². The number of carbonyl (C=O) groups excluding carboxylic acids is 6. The smallest absolute Gasteiger partial charge is 0.418 e. The molecule has 2 aromatic rings. The van der Waals surface area contributed by atoms with Crippen LogP contribution in [0.4, 0.5) is 34.1 Å². The van der Waals surface area contributed by atoms with Crippen molar-refractivity contribution in [3.63, 3.8) is 0 Å². The van der Waals surface area contributed by atoms with Crippen molar-refractivity contribution in [1.82, 2.24) is 29.4 Å². The predicted octanol–water partition coefficient (Wildman–Crippen LogP) is 4.62. The first-order chi connectivity index (χ1) is 30.6. The Morgan fingerprint density at radius 3 is 2.20 bits per heavy atom. The van der Waals surface area contributed by atoms with Gasteiger partial charge in [0.05, 0.1) is 29.2 Å². The Hall–Kier alpha value is -5.30. The van der Waals surface area contributed by atoms with Crippen LogP contribution in [0, 0.1) is 0 Å². The van der Waals surface area contributed by atoms with Crippen LogP contribution in [0.5, 0.6) is 0 Å². The highest BCUT2D eigenvalue weighted by atomic mass is 35.5. The van der Waals surface area contributed by atoms with Crippen molar-refractivity contribution >= 4 is 58.8 Å². The predicted molar refractivity (Wildman–Crippen MR) is 229 cm³/mol. The average Bonchev–Trinajstić information content (AvgIpc) is 3.61. The Kier molecular flexibility index (Phi) is 15.1. The van der Waals surface area contributed by atoms with Crippen LogP contribution in [0.2, 0.25) is 5.02 Å². The summed E-state index contributed by atoms with van der Waals surface area (Å²) in [6, 6.07) is 9.49. The number of nitrogen functional groups attached to an aromatic ring is 1. The second kappa shape index (κ2) is 20.7. The highest BCUT2D eigenvalue weighted by Gasteiger charge is 2.39. The van der Waals surface area contributed by atoms with Crippen molar-refractivity contribution < 1.29 is 51.4 Å². The molecule has 3 N–H and O–H groups in total. The van der Waals surface area contributed by atoms with Gasteiger partial charge >= 0.3 is 24.3 Å². The van der Waals surface area contributed by atoms with Crippen LogP contribution >= 0.6 is 11.6 Å². The number of alkyl halides is 3. The maximum absolute atomic E-state index is 14.2. The molecular formula is C44H56ClF3N8O8. The zero-order valence-corrected chi connectivity index (χ0v) is 36.5. The normalized spacial score (nSPS) is 19.8. The van der Waals surface area contributed by atoms with Gasteiger partial charge in [-0.3, -0.25) is 24.1 Å². The van der Waals surface area contributed by atoms with E-state index in [1.54, 1.807) is 19.6 Å². The molecule has 0 aliphatic carbocycles. The summed E-state index contributed by atoms with van der Waals surface area (Å²) in [5.41, 5.74) is 5.72. The number of ether oxygens (including phenoxy) is 2. The van der Waals surface area contributed by atoms with Crippen molar-refractivity contribution in [1.29, 1.82) is 0 Å². The van der Waals surface area contributed by atoms with E-state index < -0.39 is 41.5 Å². The number of hydrogen-bond donors (Lipinski definition) is 2. The first-order valence-electron chi connectivity index (χ1n) is 22.1. The molecule has 0 aromatic heterocycles. The molecule has 0 radical (unpaired) electrons. The fourth-order valence-electron chi connectivity index (χ4n) is 9.36. The van der Waals surface area contributed by atoms with Crippen LogP contribution in [0.15, 0.2) is 36.4 Å². The number of halogens is 4.